The van der Waals surface area contributed by atoms with Gasteiger partial charge in [-0.05, 0) is 55.6 Å². The van der Waals surface area contributed by atoms with Crippen molar-refractivity contribution in [3.05, 3.63) is 48.5 Å². The number of piperazine rings is 1. The number of carbonyl (C=O) groups is 2. The summed E-state index contributed by atoms with van der Waals surface area (Å²) in [5.41, 5.74) is 1.70. The molecule has 0 atom stereocenters. The molecule has 0 bridgehead atoms. The fraction of sp³-hybridized carbons (Fsp3) is 0.364. The Morgan fingerprint density at radius 2 is 1.53 bits per heavy atom. The quantitative estimate of drug-likeness (QED) is 0.531. The zero-order chi connectivity index (χ0) is 21.3. The first kappa shape index (κ1) is 21.4. The molecule has 0 saturated carbocycles. The molecule has 1 heterocycles. The van der Waals surface area contributed by atoms with Gasteiger partial charge < -0.3 is 29.9 Å². The van der Waals surface area contributed by atoms with E-state index in [1.54, 1.807) is 31.4 Å². The lowest BCUT2D eigenvalue weighted by molar-refractivity contribution is -0.136. The van der Waals surface area contributed by atoms with Gasteiger partial charge >= 0.3 is 11.8 Å². The van der Waals surface area contributed by atoms with Crippen molar-refractivity contribution in [2.24, 2.45) is 0 Å². The van der Waals surface area contributed by atoms with E-state index in [9.17, 15) is 9.59 Å². The van der Waals surface area contributed by atoms with Crippen molar-refractivity contribution >= 4 is 23.2 Å². The molecule has 8 heteroatoms. The van der Waals surface area contributed by atoms with Gasteiger partial charge in [-0.2, -0.15) is 0 Å². The molecule has 0 aliphatic carbocycles. The standard InChI is InChI=1S/C22H28N4O4/c1-25-12-14-26(15-13-25)18-5-3-17(4-6-18)24-22(28)21(27)23-11-16-30-20-9-7-19(29-2)8-10-20/h3-10H,11-16H2,1-2H3,(H,23,27)(H,24,28). The van der Waals surface area contributed by atoms with Crippen LogP contribution in [0.25, 0.3) is 0 Å². The Balaban J connectivity index is 1.38. The third-order valence-electron chi connectivity index (χ3n) is 4.92. The van der Waals surface area contributed by atoms with Crippen LogP contribution in [0, 0.1) is 0 Å². The molecule has 1 aliphatic heterocycles. The van der Waals surface area contributed by atoms with E-state index in [1.165, 1.54) is 0 Å². The van der Waals surface area contributed by atoms with Crippen molar-refractivity contribution in [2.45, 2.75) is 0 Å². The minimum Gasteiger partial charge on any atom is -0.497 e. The van der Waals surface area contributed by atoms with Crippen molar-refractivity contribution in [1.29, 1.82) is 0 Å². The van der Waals surface area contributed by atoms with Gasteiger partial charge in [-0.15, -0.1) is 0 Å². The first-order chi connectivity index (χ1) is 14.5. The van der Waals surface area contributed by atoms with E-state index >= 15 is 0 Å². The molecule has 2 aromatic rings. The largest absolute Gasteiger partial charge is 0.497 e. The fourth-order valence-electron chi connectivity index (χ4n) is 3.09. The van der Waals surface area contributed by atoms with Crippen LogP contribution in [0.4, 0.5) is 11.4 Å². The molecular weight excluding hydrogens is 384 g/mol. The van der Waals surface area contributed by atoms with Gasteiger partial charge in [-0.25, -0.2) is 0 Å². The molecule has 1 fully saturated rings. The molecule has 0 unspecified atom stereocenters. The maximum absolute atomic E-state index is 12.1. The zero-order valence-electron chi connectivity index (χ0n) is 17.4. The third-order valence-corrected chi connectivity index (χ3v) is 4.92. The molecule has 0 spiro atoms. The van der Waals surface area contributed by atoms with Gasteiger partial charge in [0, 0.05) is 37.6 Å². The number of benzene rings is 2. The fourth-order valence-corrected chi connectivity index (χ4v) is 3.09. The number of amides is 2. The summed E-state index contributed by atoms with van der Waals surface area (Å²) in [7, 11) is 3.71. The van der Waals surface area contributed by atoms with Crippen molar-refractivity contribution in [2.75, 3.05) is 63.7 Å². The summed E-state index contributed by atoms with van der Waals surface area (Å²) >= 11 is 0. The molecule has 2 amide bonds. The van der Waals surface area contributed by atoms with Gasteiger partial charge in [0.25, 0.3) is 0 Å². The normalized spacial score (nSPS) is 14.1. The van der Waals surface area contributed by atoms with Crippen molar-refractivity contribution in [3.63, 3.8) is 0 Å². The van der Waals surface area contributed by atoms with Gasteiger partial charge in [-0.3, -0.25) is 9.59 Å². The average Bonchev–Trinajstić information content (AvgIpc) is 2.78. The van der Waals surface area contributed by atoms with Crippen LogP contribution >= 0.6 is 0 Å². The lowest BCUT2D eigenvalue weighted by Crippen LogP contribution is -2.44. The highest BCUT2D eigenvalue weighted by molar-refractivity contribution is 6.39. The Morgan fingerprint density at radius 3 is 2.17 bits per heavy atom. The van der Waals surface area contributed by atoms with Crippen LogP contribution in [0.2, 0.25) is 0 Å². The van der Waals surface area contributed by atoms with Crippen LogP contribution in [-0.2, 0) is 9.59 Å². The van der Waals surface area contributed by atoms with E-state index in [-0.39, 0.29) is 13.2 Å². The molecule has 0 radical (unpaired) electrons. The van der Waals surface area contributed by atoms with E-state index in [4.69, 9.17) is 9.47 Å². The van der Waals surface area contributed by atoms with Gasteiger partial charge in [0.05, 0.1) is 13.7 Å². The number of rotatable bonds is 7. The Bertz CT molecular complexity index is 831. The lowest BCUT2D eigenvalue weighted by atomic mass is 10.2. The third kappa shape index (κ3) is 6.12. The van der Waals surface area contributed by atoms with Gasteiger partial charge in [-0.1, -0.05) is 0 Å². The van der Waals surface area contributed by atoms with Crippen LogP contribution in [0.1, 0.15) is 0 Å². The second-order valence-electron chi connectivity index (χ2n) is 7.07. The van der Waals surface area contributed by atoms with Gasteiger partial charge in [0.2, 0.25) is 0 Å². The predicted octanol–water partition coefficient (Wildman–Crippen LogP) is 1.58. The van der Waals surface area contributed by atoms with Crippen LogP contribution in [-0.4, -0.2) is 70.2 Å². The number of nitrogens with one attached hydrogen (secondary N) is 2. The smallest absolute Gasteiger partial charge is 0.313 e. The number of ether oxygens (including phenoxy) is 2. The number of methoxy groups -OCH3 is 1. The lowest BCUT2D eigenvalue weighted by Gasteiger charge is -2.34. The van der Waals surface area contributed by atoms with Crippen molar-refractivity contribution < 1.29 is 19.1 Å². The van der Waals surface area contributed by atoms with E-state index in [1.807, 2.05) is 24.3 Å². The molecule has 3 rings (SSSR count). The van der Waals surface area contributed by atoms with Crippen molar-refractivity contribution in [1.82, 2.24) is 10.2 Å². The zero-order valence-corrected chi connectivity index (χ0v) is 17.4. The topological polar surface area (TPSA) is 83.1 Å². The number of nitrogens with zero attached hydrogens (tertiary/aromatic N) is 2. The monoisotopic (exact) mass is 412 g/mol. The molecule has 30 heavy (non-hydrogen) atoms. The minimum absolute atomic E-state index is 0.223. The van der Waals surface area contributed by atoms with Crippen LogP contribution < -0.4 is 25.0 Å². The summed E-state index contributed by atoms with van der Waals surface area (Å²) in [6.07, 6.45) is 0. The Morgan fingerprint density at radius 1 is 0.900 bits per heavy atom. The molecule has 2 N–H and O–H groups in total. The first-order valence-electron chi connectivity index (χ1n) is 9.95. The first-order valence-corrected chi connectivity index (χ1v) is 9.95. The number of carbonyl (C=O) groups excluding carboxylic acids is 2. The van der Waals surface area contributed by atoms with E-state index < -0.39 is 11.8 Å². The molecular formula is C22H28N4O4. The second kappa shape index (κ2) is 10.5. The number of hydrogen-bond acceptors (Lipinski definition) is 6. The molecule has 2 aromatic carbocycles. The SMILES string of the molecule is COc1ccc(OCCNC(=O)C(=O)Nc2ccc(N3CCN(C)CC3)cc2)cc1. The highest BCUT2D eigenvalue weighted by Gasteiger charge is 2.15. The van der Waals surface area contributed by atoms with Crippen LogP contribution in [0.3, 0.4) is 0 Å². The molecule has 8 nitrogen and oxygen atoms in total. The average molecular weight is 412 g/mol. The molecule has 1 saturated heterocycles. The van der Waals surface area contributed by atoms with Gasteiger partial charge in [0.15, 0.2) is 0 Å². The summed E-state index contributed by atoms with van der Waals surface area (Å²) < 4.78 is 10.6. The maximum Gasteiger partial charge on any atom is 0.313 e. The van der Waals surface area contributed by atoms with E-state index in [2.05, 4.69) is 27.5 Å². The summed E-state index contributed by atoms with van der Waals surface area (Å²) in [5.74, 6) is 0.00194. The Hall–Kier alpha value is -3.26. The molecule has 1 aliphatic rings. The Kier molecular flexibility index (Phi) is 7.51. The summed E-state index contributed by atoms with van der Waals surface area (Å²) in [4.78, 5) is 28.7. The van der Waals surface area contributed by atoms with E-state index in [0.29, 0.717) is 11.4 Å². The summed E-state index contributed by atoms with van der Waals surface area (Å²) in [5, 5.41) is 5.17. The number of likely N-dealkylation sites (N-methyl/N-ethyl adjacent to an activating group) is 1. The highest BCUT2D eigenvalue weighted by Crippen LogP contribution is 2.19. The summed E-state index contributed by atoms with van der Waals surface area (Å²) in [6, 6.07) is 14.7. The molecule has 0 aromatic heterocycles. The van der Waals surface area contributed by atoms with Crippen molar-refractivity contribution in [3.8, 4) is 11.5 Å². The number of anilines is 2. The summed E-state index contributed by atoms with van der Waals surface area (Å²) in [6.45, 7) is 4.49. The Labute approximate surface area is 176 Å². The van der Waals surface area contributed by atoms with Crippen LogP contribution in [0.5, 0.6) is 11.5 Å². The highest BCUT2D eigenvalue weighted by atomic mass is 16.5. The van der Waals surface area contributed by atoms with E-state index in [0.717, 1.165) is 37.6 Å². The second-order valence-corrected chi connectivity index (χ2v) is 7.07. The maximum atomic E-state index is 12.1. The van der Waals surface area contributed by atoms with Gasteiger partial charge in [0.1, 0.15) is 18.1 Å². The molecule has 160 valence electrons. The van der Waals surface area contributed by atoms with Crippen LogP contribution in [0.15, 0.2) is 48.5 Å². The minimum atomic E-state index is -0.702. The predicted molar refractivity (Wildman–Crippen MR) is 116 cm³/mol. The number of hydrogen-bond donors (Lipinski definition) is 2.